The van der Waals surface area contributed by atoms with Crippen molar-refractivity contribution in [3.05, 3.63) is 60.3 Å². The largest absolute Gasteiger partial charge is 0.573 e. The number of nitrogens with zero attached hydrogens (tertiary/aromatic N) is 3. The number of fused-ring (bicyclic) bond motifs is 1. The summed E-state index contributed by atoms with van der Waals surface area (Å²) in [7, 11) is 1.55. The van der Waals surface area contributed by atoms with Crippen molar-refractivity contribution in [3.63, 3.8) is 0 Å². The fourth-order valence-corrected chi connectivity index (χ4v) is 4.24. The van der Waals surface area contributed by atoms with Gasteiger partial charge in [-0.2, -0.15) is 0 Å². The predicted molar refractivity (Wildman–Crippen MR) is 112 cm³/mol. The summed E-state index contributed by atoms with van der Waals surface area (Å²) >= 11 is 0. The minimum absolute atomic E-state index is 0.183. The summed E-state index contributed by atoms with van der Waals surface area (Å²) in [6.07, 6.45) is -2.16. The number of carbonyl (C=O) groups excluding carboxylic acids is 2. The summed E-state index contributed by atoms with van der Waals surface area (Å²) in [5.41, 5.74) is 0.709. The topological polar surface area (TPSA) is 72.0 Å². The maximum atomic E-state index is 13.3. The van der Waals surface area contributed by atoms with Crippen LogP contribution in [0.4, 0.5) is 23.7 Å². The predicted octanol–water partition coefficient (Wildman–Crippen LogP) is 4.64. The fourth-order valence-electron chi connectivity index (χ4n) is 4.24. The number of imide groups is 1. The van der Waals surface area contributed by atoms with Crippen LogP contribution in [0.1, 0.15) is 18.4 Å². The highest BCUT2D eigenvalue weighted by Gasteiger charge is 2.65. The zero-order chi connectivity index (χ0) is 23.4. The van der Waals surface area contributed by atoms with E-state index in [0.717, 1.165) is 28.0 Å². The van der Waals surface area contributed by atoms with Crippen molar-refractivity contribution >= 4 is 28.5 Å². The summed E-state index contributed by atoms with van der Waals surface area (Å²) in [5.74, 6) is -0.212. The number of alkyl halides is 3. The number of hydrogen-bond donors (Lipinski definition) is 0. The van der Waals surface area contributed by atoms with Crippen molar-refractivity contribution in [3.8, 4) is 11.5 Å². The molecule has 0 bridgehead atoms. The van der Waals surface area contributed by atoms with Crippen LogP contribution in [-0.4, -0.2) is 40.8 Å². The first-order valence-corrected chi connectivity index (χ1v) is 10.2. The number of urea groups is 1. The summed E-state index contributed by atoms with van der Waals surface area (Å²) in [6.45, 7) is 0.183. The Morgan fingerprint density at radius 3 is 2.42 bits per heavy atom. The first kappa shape index (κ1) is 21.0. The second kappa shape index (κ2) is 7.36. The van der Waals surface area contributed by atoms with E-state index >= 15 is 0 Å². The Morgan fingerprint density at radius 1 is 1.06 bits per heavy atom. The molecule has 1 aliphatic heterocycles. The number of methoxy groups -OCH3 is 1. The van der Waals surface area contributed by atoms with Gasteiger partial charge in [-0.05, 0) is 54.8 Å². The zero-order valence-electron chi connectivity index (χ0n) is 17.4. The van der Waals surface area contributed by atoms with Crippen LogP contribution in [0.2, 0.25) is 0 Å². The molecule has 3 amide bonds. The van der Waals surface area contributed by atoms with Gasteiger partial charge in [0.2, 0.25) is 0 Å². The lowest BCUT2D eigenvalue weighted by Gasteiger charge is -2.22. The molecule has 1 saturated carbocycles. The number of amides is 3. The quantitative estimate of drug-likeness (QED) is 0.522. The van der Waals surface area contributed by atoms with Gasteiger partial charge < -0.3 is 14.4 Å². The highest BCUT2D eigenvalue weighted by Crippen LogP contribution is 2.50. The fraction of sp³-hybridized carbons (Fsp3) is 0.261. The monoisotopic (exact) mass is 457 g/mol. The molecule has 2 aromatic carbocycles. The van der Waals surface area contributed by atoms with Crippen LogP contribution in [-0.2, 0) is 11.3 Å². The molecule has 10 heteroatoms. The highest BCUT2D eigenvalue weighted by atomic mass is 19.4. The van der Waals surface area contributed by atoms with Crippen molar-refractivity contribution in [1.29, 1.82) is 0 Å². The Kier molecular flexibility index (Phi) is 4.70. The molecular formula is C23H18F3N3O4. The molecule has 1 aliphatic carbocycles. The van der Waals surface area contributed by atoms with Gasteiger partial charge in [0, 0.05) is 18.1 Å². The lowest BCUT2D eigenvalue weighted by molar-refractivity contribution is -0.274. The van der Waals surface area contributed by atoms with E-state index in [1.165, 1.54) is 17.0 Å². The molecule has 0 atom stereocenters. The van der Waals surface area contributed by atoms with Gasteiger partial charge in [-0.3, -0.25) is 9.78 Å². The molecule has 33 heavy (non-hydrogen) atoms. The first-order chi connectivity index (χ1) is 15.7. The molecule has 1 saturated heterocycles. The summed E-state index contributed by atoms with van der Waals surface area (Å²) in [6, 6.07) is 11.5. The van der Waals surface area contributed by atoms with Crippen LogP contribution in [0.5, 0.6) is 11.5 Å². The van der Waals surface area contributed by atoms with E-state index < -0.39 is 23.7 Å². The second-order valence-electron chi connectivity index (χ2n) is 7.91. The van der Waals surface area contributed by atoms with Gasteiger partial charge in [0.05, 0.1) is 12.8 Å². The standard InChI is InChI=1S/C23H18F3N3O4/c1-32-18-4-2-3-17-14(9-12-27-19(17)18)13-28-21(31)29(20(30)22(28)10-11-22)15-5-7-16(8-6-15)33-23(24,25)26/h2-9,12H,10-11,13H2,1H3. The van der Waals surface area contributed by atoms with Crippen molar-refractivity contribution in [1.82, 2.24) is 9.88 Å². The van der Waals surface area contributed by atoms with Gasteiger partial charge in [0.15, 0.2) is 0 Å². The van der Waals surface area contributed by atoms with Crippen LogP contribution in [0.15, 0.2) is 54.7 Å². The molecule has 3 aromatic rings. The molecule has 2 aliphatic rings. The molecule has 2 fully saturated rings. The maximum absolute atomic E-state index is 13.3. The molecule has 170 valence electrons. The van der Waals surface area contributed by atoms with Crippen LogP contribution in [0.25, 0.3) is 10.9 Å². The van der Waals surface area contributed by atoms with Crippen molar-refractivity contribution < 1.29 is 32.2 Å². The third-order valence-corrected chi connectivity index (χ3v) is 5.96. The van der Waals surface area contributed by atoms with Gasteiger partial charge in [0.1, 0.15) is 22.6 Å². The lowest BCUT2D eigenvalue weighted by Crippen LogP contribution is -2.36. The average molecular weight is 457 g/mol. The molecule has 0 unspecified atom stereocenters. The first-order valence-electron chi connectivity index (χ1n) is 10.2. The van der Waals surface area contributed by atoms with Gasteiger partial charge in [-0.25, -0.2) is 9.69 Å². The lowest BCUT2D eigenvalue weighted by atomic mass is 10.1. The maximum Gasteiger partial charge on any atom is 0.573 e. The molecule has 1 spiro atoms. The molecule has 7 nitrogen and oxygen atoms in total. The minimum Gasteiger partial charge on any atom is -0.494 e. The van der Waals surface area contributed by atoms with Crippen LogP contribution in [0.3, 0.4) is 0 Å². The van der Waals surface area contributed by atoms with E-state index in [4.69, 9.17) is 4.74 Å². The zero-order valence-corrected chi connectivity index (χ0v) is 17.4. The molecular weight excluding hydrogens is 439 g/mol. The van der Waals surface area contributed by atoms with Gasteiger partial charge in [-0.1, -0.05) is 12.1 Å². The highest BCUT2D eigenvalue weighted by molar-refractivity contribution is 6.24. The number of rotatable bonds is 5. The molecule has 1 aromatic heterocycles. The third-order valence-electron chi connectivity index (χ3n) is 5.96. The second-order valence-corrected chi connectivity index (χ2v) is 7.91. The van der Waals surface area contributed by atoms with Crippen molar-refractivity contribution in [2.45, 2.75) is 31.3 Å². The Labute approximate surface area is 186 Å². The number of para-hydroxylation sites is 1. The Hall–Kier alpha value is -3.82. The molecule has 0 radical (unpaired) electrons. The number of pyridine rings is 1. The number of hydrogen-bond acceptors (Lipinski definition) is 5. The molecule has 2 heterocycles. The van der Waals surface area contributed by atoms with Gasteiger partial charge in [0.25, 0.3) is 5.91 Å². The number of halogens is 3. The van der Waals surface area contributed by atoms with Crippen LogP contribution >= 0.6 is 0 Å². The number of benzene rings is 2. The average Bonchev–Trinajstić information content (AvgIpc) is 3.55. The smallest absolute Gasteiger partial charge is 0.494 e. The SMILES string of the molecule is COc1cccc2c(CN3C(=O)N(c4ccc(OC(F)(F)F)cc4)C(=O)C34CC4)ccnc12. The van der Waals surface area contributed by atoms with E-state index in [0.29, 0.717) is 24.1 Å². The van der Waals surface area contributed by atoms with E-state index in [1.807, 2.05) is 12.1 Å². The van der Waals surface area contributed by atoms with Gasteiger partial charge in [-0.15, -0.1) is 13.2 Å². The number of aromatic nitrogens is 1. The Bertz CT molecular complexity index is 1260. The Balaban J connectivity index is 1.46. The summed E-state index contributed by atoms with van der Waals surface area (Å²) < 4.78 is 46.5. The molecule has 0 N–H and O–H groups in total. The van der Waals surface area contributed by atoms with Crippen molar-refractivity contribution in [2.75, 3.05) is 12.0 Å². The van der Waals surface area contributed by atoms with Gasteiger partial charge >= 0.3 is 12.4 Å². The third kappa shape index (κ3) is 3.51. The van der Waals surface area contributed by atoms with E-state index in [-0.39, 0.29) is 18.1 Å². The number of anilines is 1. The normalized spacial score (nSPS) is 17.2. The number of carbonyl (C=O) groups is 2. The summed E-state index contributed by atoms with van der Waals surface area (Å²) in [5, 5.41) is 0.806. The number of ether oxygens (including phenoxy) is 2. The van der Waals surface area contributed by atoms with E-state index in [2.05, 4.69) is 9.72 Å². The van der Waals surface area contributed by atoms with Crippen LogP contribution < -0.4 is 14.4 Å². The van der Waals surface area contributed by atoms with E-state index in [9.17, 15) is 22.8 Å². The molecule has 5 rings (SSSR count). The Morgan fingerprint density at radius 2 is 1.79 bits per heavy atom. The van der Waals surface area contributed by atoms with Crippen molar-refractivity contribution in [2.24, 2.45) is 0 Å². The van der Waals surface area contributed by atoms with Crippen LogP contribution in [0, 0.1) is 0 Å². The van der Waals surface area contributed by atoms with E-state index in [1.54, 1.807) is 25.4 Å². The minimum atomic E-state index is -4.83. The summed E-state index contributed by atoms with van der Waals surface area (Å²) in [4.78, 5) is 33.5.